The molecule has 0 saturated carbocycles. The first-order valence-corrected chi connectivity index (χ1v) is 6.82. The van der Waals surface area contributed by atoms with Gasteiger partial charge in [-0.15, -0.1) is 24.1 Å². The van der Waals surface area contributed by atoms with Crippen molar-refractivity contribution < 1.29 is 4.79 Å². The van der Waals surface area contributed by atoms with Crippen LogP contribution in [0.4, 0.5) is 0 Å². The van der Waals surface area contributed by atoms with Gasteiger partial charge >= 0.3 is 0 Å². The van der Waals surface area contributed by atoms with Crippen LogP contribution in [0.1, 0.15) is 30.1 Å². The largest absolute Gasteiger partial charge is 0.348 e. The third-order valence-corrected chi connectivity index (χ3v) is 3.29. The smallest absolute Gasteiger partial charge is 0.251 e. The molecular formula is C14H17NOS. The molecule has 1 N–H and O–H groups in total. The Bertz CT molecular complexity index is 405. The highest BCUT2D eigenvalue weighted by Crippen LogP contribution is 2.15. The van der Waals surface area contributed by atoms with Crippen LogP contribution in [0.2, 0.25) is 0 Å². The average Bonchev–Trinajstić information content (AvgIpc) is 2.38. The first-order valence-electron chi connectivity index (χ1n) is 5.59. The molecule has 1 rings (SSSR count). The average molecular weight is 247 g/mol. The normalized spacial score (nSPS) is 11.6. The van der Waals surface area contributed by atoms with E-state index in [9.17, 15) is 4.79 Å². The number of amides is 1. The second kappa shape index (κ2) is 7.03. The SMILES string of the molecule is C#CCC(CC)NC(=O)c1ccc(SC)cc1. The number of terminal acetylenes is 1. The zero-order valence-electron chi connectivity index (χ0n) is 10.2. The lowest BCUT2D eigenvalue weighted by Gasteiger charge is -2.14. The van der Waals surface area contributed by atoms with E-state index in [0.717, 1.165) is 11.3 Å². The Morgan fingerprint density at radius 2 is 2.12 bits per heavy atom. The van der Waals surface area contributed by atoms with Gasteiger partial charge in [0.05, 0.1) is 0 Å². The first kappa shape index (κ1) is 13.7. The summed E-state index contributed by atoms with van der Waals surface area (Å²) in [5.74, 6) is 2.52. The van der Waals surface area contributed by atoms with Crippen LogP contribution in [0, 0.1) is 12.3 Å². The van der Waals surface area contributed by atoms with Crippen LogP contribution in [-0.2, 0) is 0 Å². The molecule has 1 amide bonds. The van der Waals surface area contributed by atoms with Gasteiger partial charge in [-0.2, -0.15) is 0 Å². The number of carbonyl (C=O) groups excluding carboxylic acids is 1. The van der Waals surface area contributed by atoms with E-state index in [1.165, 1.54) is 0 Å². The molecular weight excluding hydrogens is 230 g/mol. The lowest BCUT2D eigenvalue weighted by Crippen LogP contribution is -2.34. The van der Waals surface area contributed by atoms with E-state index in [4.69, 9.17) is 6.42 Å². The van der Waals surface area contributed by atoms with Crippen LogP contribution in [0.15, 0.2) is 29.2 Å². The van der Waals surface area contributed by atoms with E-state index in [1.807, 2.05) is 37.4 Å². The van der Waals surface area contributed by atoms with Crippen molar-refractivity contribution in [3.8, 4) is 12.3 Å². The number of nitrogens with one attached hydrogen (secondary N) is 1. The minimum absolute atomic E-state index is 0.0558. The van der Waals surface area contributed by atoms with Crippen LogP contribution >= 0.6 is 11.8 Å². The number of hydrogen-bond donors (Lipinski definition) is 1. The van der Waals surface area contributed by atoms with Gasteiger partial charge in [0.15, 0.2) is 0 Å². The van der Waals surface area contributed by atoms with Crippen molar-refractivity contribution in [2.45, 2.75) is 30.7 Å². The summed E-state index contributed by atoms with van der Waals surface area (Å²) in [5.41, 5.74) is 0.679. The molecule has 1 aromatic carbocycles. The lowest BCUT2D eigenvalue weighted by atomic mass is 10.1. The molecule has 0 aliphatic rings. The van der Waals surface area contributed by atoms with Gasteiger partial charge in [0.2, 0.25) is 0 Å². The predicted octanol–water partition coefficient (Wildman–Crippen LogP) is 2.94. The number of thioether (sulfide) groups is 1. The van der Waals surface area contributed by atoms with E-state index < -0.39 is 0 Å². The minimum atomic E-state index is -0.0558. The Morgan fingerprint density at radius 3 is 2.59 bits per heavy atom. The van der Waals surface area contributed by atoms with Gasteiger partial charge < -0.3 is 5.32 Å². The molecule has 0 bridgehead atoms. The number of hydrogen-bond acceptors (Lipinski definition) is 2. The second-order valence-corrected chi connectivity index (χ2v) is 4.60. The van der Waals surface area contributed by atoms with E-state index in [2.05, 4.69) is 11.2 Å². The topological polar surface area (TPSA) is 29.1 Å². The molecule has 0 aromatic heterocycles. The van der Waals surface area contributed by atoms with Crippen molar-refractivity contribution in [1.82, 2.24) is 5.32 Å². The van der Waals surface area contributed by atoms with E-state index in [1.54, 1.807) is 11.8 Å². The molecule has 3 heteroatoms. The Balaban J connectivity index is 2.65. The third kappa shape index (κ3) is 4.16. The van der Waals surface area contributed by atoms with Gasteiger partial charge in [0, 0.05) is 22.9 Å². The Morgan fingerprint density at radius 1 is 1.47 bits per heavy atom. The van der Waals surface area contributed by atoms with Crippen molar-refractivity contribution in [2.24, 2.45) is 0 Å². The highest BCUT2D eigenvalue weighted by atomic mass is 32.2. The molecule has 0 aliphatic heterocycles. The van der Waals surface area contributed by atoms with E-state index in [0.29, 0.717) is 12.0 Å². The van der Waals surface area contributed by atoms with Crippen LogP contribution in [-0.4, -0.2) is 18.2 Å². The molecule has 90 valence electrons. The molecule has 1 aromatic rings. The molecule has 17 heavy (non-hydrogen) atoms. The number of benzene rings is 1. The fourth-order valence-electron chi connectivity index (χ4n) is 1.45. The Hall–Kier alpha value is -1.40. The molecule has 0 aliphatic carbocycles. The summed E-state index contributed by atoms with van der Waals surface area (Å²) >= 11 is 1.66. The van der Waals surface area contributed by atoms with Gasteiger partial charge in [-0.25, -0.2) is 0 Å². The summed E-state index contributed by atoms with van der Waals surface area (Å²) in [4.78, 5) is 13.1. The van der Waals surface area contributed by atoms with Gasteiger partial charge in [-0.05, 0) is 36.9 Å². The Labute approximate surface area is 107 Å². The van der Waals surface area contributed by atoms with E-state index >= 15 is 0 Å². The number of rotatable bonds is 5. The summed E-state index contributed by atoms with van der Waals surface area (Å²) in [6.45, 7) is 2.01. The van der Waals surface area contributed by atoms with Gasteiger partial charge in [0.1, 0.15) is 0 Å². The van der Waals surface area contributed by atoms with Crippen molar-refractivity contribution >= 4 is 17.7 Å². The predicted molar refractivity (Wildman–Crippen MR) is 73.2 cm³/mol. The quantitative estimate of drug-likeness (QED) is 0.640. The van der Waals surface area contributed by atoms with Gasteiger partial charge in [-0.1, -0.05) is 6.92 Å². The maximum Gasteiger partial charge on any atom is 0.251 e. The maximum absolute atomic E-state index is 11.9. The summed E-state index contributed by atoms with van der Waals surface area (Å²) in [7, 11) is 0. The summed E-state index contributed by atoms with van der Waals surface area (Å²) in [6, 6.07) is 7.63. The lowest BCUT2D eigenvalue weighted by molar-refractivity contribution is 0.0936. The highest BCUT2D eigenvalue weighted by Gasteiger charge is 2.10. The maximum atomic E-state index is 11.9. The van der Waals surface area contributed by atoms with Gasteiger partial charge in [0.25, 0.3) is 5.91 Å². The molecule has 0 spiro atoms. The molecule has 0 fully saturated rings. The number of carbonyl (C=O) groups is 1. The molecule has 0 saturated heterocycles. The van der Waals surface area contributed by atoms with Crippen LogP contribution < -0.4 is 5.32 Å². The van der Waals surface area contributed by atoms with Gasteiger partial charge in [-0.3, -0.25) is 4.79 Å². The molecule has 2 nitrogen and oxygen atoms in total. The van der Waals surface area contributed by atoms with Crippen LogP contribution in [0.3, 0.4) is 0 Å². The second-order valence-electron chi connectivity index (χ2n) is 3.72. The molecule has 1 unspecified atom stereocenters. The summed E-state index contributed by atoms with van der Waals surface area (Å²) in [5, 5.41) is 2.93. The fourth-order valence-corrected chi connectivity index (χ4v) is 1.86. The van der Waals surface area contributed by atoms with Crippen molar-refractivity contribution in [1.29, 1.82) is 0 Å². The first-order chi connectivity index (χ1) is 8.21. The molecule has 0 radical (unpaired) electrons. The summed E-state index contributed by atoms with van der Waals surface area (Å²) in [6.07, 6.45) is 8.68. The summed E-state index contributed by atoms with van der Waals surface area (Å²) < 4.78 is 0. The van der Waals surface area contributed by atoms with Crippen LogP contribution in [0.5, 0.6) is 0 Å². The minimum Gasteiger partial charge on any atom is -0.348 e. The van der Waals surface area contributed by atoms with Crippen LogP contribution in [0.25, 0.3) is 0 Å². The van der Waals surface area contributed by atoms with Crippen molar-refractivity contribution in [3.63, 3.8) is 0 Å². The molecule has 1 atom stereocenters. The van der Waals surface area contributed by atoms with Crippen molar-refractivity contribution in [2.75, 3.05) is 6.26 Å². The zero-order valence-corrected chi connectivity index (χ0v) is 11.0. The van der Waals surface area contributed by atoms with Crippen molar-refractivity contribution in [3.05, 3.63) is 29.8 Å². The monoisotopic (exact) mass is 247 g/mol. The zero-order chi connectivity index (χ0) is 12.7. The molecule has 0 heterocycles. The standard InChI is InChI=1S/C14H17NOS/c1-4-6-12(5-2)15-14(16)11-7-9-13(17-3)10-8-11/h1,7-10,12H,5-6H2,2-3H3,(H,15,16). The highest BCUT2D eigenvalue weighted by molar-refractivity contribution is 7.98. The fraction of sp³-hybridized carbons (Fsp3) is 0.357. The van der Waals surface area contributed by atoms with E-state index in [-0.39, 0.29) is 11.9 Å². The third-order valence-electron chi connectivity index (χ3n) is 2.54. The Kier molecular flexibility index (Phi) is 5.65.